The third kappa shape index (κ3) is 6.79. The van der Waals surface area contributed by atoms with Gasteiger partial charge in [0.05, 0.1) is 4.92 Å². The highest BCUT2D eigenvalue weighted by Crippen LogP contribution is 2.34. The largest absolute Gasteiger partial charge is 0.450 e. The van der Waals surface area contributed by atoms with Crippen molar-refractivity contribution >= 4 is 29.1 Å². The molecule has 0 aromatic heterocycles. The Morgan fingerprint density at radius 1 is 0.879 bits per heavy atom. The Labute approximate surface area is 190 Å². The van der Waals surface area contributed by atoms with Crippen LogP contribution in [0.15, 0.2) is 72.8 Å². The molecule has 170 valence electrons. The number of ether oxygens (including phenoxy) is 2. The van der Waals surface area contributed by atoms with Crippen LogP contribution < -0.4 is 15.4 Å². The first-order valence-corrected chi connectivity index (χ1v) is 10.0. The third-order valence-electron chi connectivity index (χ3n) is 4.18. The number of amides is 2. The first-order valence-electron chi connectivity index (χ1n) is 10.0. The van der Waals surface area contributed by atoms with E-state index in [4.69, 9.17) is 9.47 Å². The Kier molecular flexibility index (Phi) is 6.92. The summed E-state index contributed by atoms with van der Waals surface area (Å²) in [5.41, 5.74) is 0.237. The van der Waals surface area contributed by atoms with E-state index in [1.807, 2.05) is 0 Å². The summed E-state index contributed by atoms with van der Waals surface area (Å²) < 4.78 is 10.8. The maximum atomic E-state index is 12.3. The second-order valence-corrected chi connectivity index (χ2v) is 8.01. The van der Waals surface area contributed by atoms with E-state index >= 15 is 0 Å². The topological polar surface area (TPSA) is 120 Å². The van der Waals surface area contributed by atoms with Gasteiger partial charge in [-0.3, -0.25) is 20.2 Å². The maximum Gasteiger partial charge on any atom is 0.412 e. The van der Waals surface area contributed by atoms with Gasteiger partial charge >= 0.3 is 11.8 Å². The maximum absolute atomic E-state index is 12.3. The quantitative estimate of drug-likeness (QED) is 0.352. The third-order valence-corrected chi connectivity index (χ3v) is 4.18. The molecule has 9 nitrogen and oxygen atoms in total. The van der Waals surface area contributed by atoms with Crippen molar-refractivity contribution in [3.05, 3.63) is 88.5 Å². The van der Waals surface area contributed by atoms with Gasteiger partial charge in [-0.2, -0.15) is 0 Å². The molecule has 33 heavy (non-hydrogen) atoms. The summed E-state index contributed by atoms with van der Waals surface area (Å²) in [7, 11) is 0. The number of carbonyl (C=O) groups excluding carboxylic acids is 2. The zero-order valence-electron chi connectivity index (χ0n) is 18.3. The van der Waals surface area contributed by atoms with Gasteiger partial charge in [-0.05, 0) is 69.3 Å². The summed E-state index contributed by atoms with van der Waals surface area (Å²) >= 11 is 0. The van der Waals surface area contributed by atoms with Crippen LogP contribution in [0, 0.1) is 10.1 Å². The van der Waals surface area contributed by atoms with Crippen molar-refractivity contribution in [3.8, 4) is 11.5 Å². The Morgan fingerprint density at radius 2 is 1.52 bits per heavy atom. The lowest BCUT2D eigenvalue weighted by atomic mass is 10.2. The van der Waals surface area contributed by atoms with Crippen LogP contribution in [0.5, 0.6) is 11.5 Å². The molecule has 0 aliphatic carbocycles. The van der Waals surface area contributed by atoms with Gasteiger partial charge in [-0.15, -0.1) is 0 Å². The molecule has 2 N–H and O–H groups in total. The summed E-state index contributed by atoms with van der Waals surface area (Å²) in [6.45, 7) is 5.28. The van der Waals surface area contributed by atoms with E-state index < -0.39 is 16.6 Å². The molecule has 0 saturated heterocycles. The molecule has 0 heterocycles. The normalized spacial score (nSPS) is 10.8. The van der Waals surface area contributed by atoms with E-state index in [0.29, 0.717) is 17.0 Å². The number of hydrogen-bond acceptors (Lipinski definition) is 6. The van der Waals surface area contributed by atoms with Crippen molar-refractivity contribution in [2.24, 2.45) is 0 Å². The summed E-state index contributed by atoms with van der Waals surface area (Å²) in [4.78, 5) is 35.1. The van der Waals surface area contributed by atoms with Crippen LogP contribution in [0.1, 0.15) is 31.1 Å². The monoisotopic (exact) mass is 449 g/mol. The Hall–Kier alpha value is -4.40. The van der Waals surface area contributed by atoms with Gasteiger partial charge in [-0.1, -0.05) is 18.2 Å². The first kappa shape index (κ1) is 23.3. The Morgan fingerprint density at radius 3 is 2.12 bits per heavy atom. The number of anilines is 2. The summed E-state index contributed by atoms with van der Waals surface area (Å²) in [5, 5.41) is 16.8. The number of nitro groups is 1. The van der Waals surface area contributed by atoms with Crippen molar-refractivity contribution in [2.75, 3.05) is 10.6 Å². The number of benzene rings is 3. The molecule has 0 bridgehead atoms. The first-order chi connectivity index (χ1) is 15.6. The van der Waals surface area contributed by atoms with Gasteiger partial charge < -0.3 is 14.8 Å². The highest BCUT2D eigenvalue weighted by molar-refractivity contribution is 6.04. The average molecular weight is 449 g/mol. The van der Waals surface area contributed by atoms with Crippen LogP contribution in [-0.4, -0.2) is 22.5 Å². The number of rotatable bonds is 6. The molecule has 0 atom stereocenters. The highest BCUT2D eigenvalue weighted by atomic mass is 16.6. The van der Waals surface area contributed by atoms with E-state index in [9.17, 15) is 19.7 Å². The minimum atomic E-state index is -0.626. The lowest BCUT2D eigenvalue weighted by Gasteiger charge is -2.19. The standard InChI is InChI=1S/C24H23N3O6/c1-24(2,3)33-23(29)26-17-9-12-19(13-10-17)32-21-14-11-18(15-20(21)27(30)31)25-22(28)16-7-5-4-6-8-16/h4-15H,1-3H3,(H,25,28)(H,26,29). The second-order valence-electron chi connectivity index (χ2n) is 8.01. The van der Waals surface area contributed by atoms with Gasteiger partial charge in [0.15, 0.2) is 0 Å². The molecule has 0 spiro atoms. The van der Waals surface area contributed by atoms with Gasteiger partial charge in [0.1, 0.15) is 11.4 Å². The van der Waals surface area contributed by atoms with E-state index in [1.165, 1.54) is 18.2 Å². The smallest absolute Gasteiger partial charge is 0.412 e. The lowest BCUT2D eigenvalue weighted by molar-refractivity contribution is -0.385. The molecule has 3 aromatic carbocycles. The van der Waals surface area contributed by atoms with Crippen molar-refractivity contribution in [2.45, 2.75) is 26.4 Å². The van der Waals surface area contributed by atoms with Crippen LogP contribution in [-0.2, 0) is 4.74 Å². The zero-order valence-corrected chi connectivity index (χ0v) is 18.3. The fourth-order valence-electron chi connectivity index (χ4n) is 2.77. The Balaban J connectivity index is 1.71. The fourth-order valence-corrected chi connectivity index (χ4v) is 2.77. The fraction of sp³-hybridized carbons (Fsp3) is 0.167. The van der Waals surface area contributed by atoms with E-state index in [2.05, 4.69) is 10.6 Å². The number of nitrogens with one attached hydrogen (secondary N) is 2. The SMILES string of the molecule is CC(C)(C)OC(=O)Nc1ccc(Oc2ccc(NC(=O)c3ccccc3)cc2[N+](=O)[O-])cc1. The van der Waals surface area contributed by atoms with Gasteiger partial charge in [0, 0.05) is 23.0 Å². The molecule has 2 amide bonds. The Bertz CT molecular complexity index is 1160. The molecule has 0 radical (unpaired) electrons. The number of nitrogens with zero attached hydrogens (tertiary/aromatic N) is 1. The zero-order chi connectivity index (χ0) is 24.0. The summed E-state index contributed by atoms with van der Waals surface area (Å²) in [6, 6.07) is 19.0. The molecule has 9 heteroatoms. The molecule has 3 rings (SSSR count). The van der Waals surface area contributed by atoms with Gasteiger partial charge in [0.2, 0.25) is 5.75 Å². The predicted octanol–water partition coefficient (Wildman–Crippen LogP) is 5.99. The summed E-state index contributed by atoms with van der Waals surface area (Å²) in [6.07, 6.45) is -0.597. The molecular formula is C24H23N3O6. The van der Waals surface area contributed by atoms with Crippen LogP contribution in [0.4, 0.5) is 21.9 Å². The van der Waals surface area contributed by atoms with Gasteiger partial charge in [0.25, 0.3) is 5.91 Å². The second kappa shape index (κ2) is 9.82. The number of hydrogen-bond donors (Lipinski definition) is 2. The lowest BCUT2D eigenvalue weighted by Crippen LogP contribution is -2.27. The molecule has 0 unspecified atom stereocenters. The van der Waals surface area contributed by atoms with Crippen molar-refractivity contribution in [1.82, 2.24) is 0 Å². The highest BCUT2D eigenvalue weighted by Gasteiger charge is 2.19. The van der Waals surface area contributed by atoms with Crippen LogP contribution in [0.2, 0.25) is 0 Å². The van der Waals surface area contributed by atoms with E-state index in [0.717, 1.165) is 0 Å². The molecule has 0 saturated carbocycles. The molecular weight excluding hydrogens is 426 g/mol. The van der Waals surface area contributed by atoms with Crippen LogP contribution >= 0.6 is 0 Å². The van der Waals surface area contributed by atoms with E-state index in [-0.39, 0.29) is 23.0 Å². The van der Waals surface area contributed by atoms with E-state index in [1.54, 1.807) is 75.4 Å². The van der Waals surface area contributed by atoms with Crippen LogP contribution in [0.3, 0.4) is 0 Å². The summed E-state index contributed by atoms with van der Waals surface area (Å²) in [5.74, 6) is -0.0499. The van der Waals surface area contributed by atoms with Crippen LogP contribution in [0.25, 0.3) is 0 Å². The predicted molar refractivity (Wildman–Crippen MR) is 124 cm³/mol. The average Bonchev–Trinajstić information content (AvgIpc) is 2.75. The number of nitro benzene ring substituents is 1. The molecule has 3 aromatic rings. The molecule has 0 aliphatic rings. The van der Waals surface area contributed by atoms with Crippen molar-refractivity contribution in [1.29, 1.82) is 0 Å². The molecule has 0 fully saturated rings. The molecule has 0 aliphatic heterocycles. The van der Waals surface area contributed by atoms with Crippen molar-refractivity contribution in [3.63, 3.8) is 0 Å². The van der Waals surface area contributed by atoms with Gasteiger partial charge in [-0.25, -0.2) is 4.79 Å². The minimum absolute atomic E-state index is 0.00515. The number of carbonyl (C=O) groups is 2. The minimum Gasteiger partial charge on any atom is -0.450 e. The van der Waals surface area contributed by atoms with Crippen molar-refractivity contribution < 1.29 is 24.0 Å².